The Bertz CT molecular complexity index is 999. The third-order valence-electron chi connectivity index (χ3n) is 6.91. The van der Waals surface area contributed by atoms with E-state index >= 15 is 0 Å². The van der Waals surface area contributed by atoms with Gasteiger partial charge in [-0.05, 0) is 28.3 Å². The number of hydrogen-bond donors (Lipinski definition) is 1. The summed E-state index contributed by atoms with van der Waals surface area (Å²) in [6.07, 6.45) is 6.03. The molecule has 0 amide bonds. The highest BCUT2D eigenvalue weighted by molar-refractivity contribution is 7.09. The van der Waals surface area contributed by atoms with Crippen LogP contribution in [0.1, 0.15) is 52.9 Å². The van der Waals surface area contributed by atoms with E-state index in [4.69, 9.17) is 10.1 Å². The number of aliphatic hydroxyl groups is 1. The Labute approximate surface area is 199 Å². The van der Waals surface area contributed by atoms with Crippen molar-refractivity contribution in [3.63, 3.8) is 0 Å². The highest BCUT2D eigenvalue weighted by atomic mass is 28.3. The van der Waals surface area contributed by atoms with E-state index in [1.807, 2.05) is 12.1 Å². The van der Waals surface area contributed by atoms with Crippen molar-refractivity contribution in [3.8, 4) is 0 Å². The predicted octanol–water partition coefficient (Wildman–Crippen LogP) is 6.48. The molecule has 1 fully saturated rings. The minimum Gasteiger partial charge on any atom is -0.476 e. The van der Waals surface area contributed by atoms with E-state index in [0.29, 0.717) is 0 Å². The maximum atomic E-state index is 10.4. The van der Waals surface area contributed by atoms with Gasteiger partial charge < -0.3 is 9.84 Å². The van der Waals surface area contributed by atoms with Gasteiger partial charge in [0.05, 0.1) is 0 Å². The molecule has 1 aliphatic carbocycles. The topological polar surface area (TPSA) is 57.6 Å². The largest absolute Gasteiger partial charge is 0.476 e. The summed E-state index contributed by atoms with van der Waals surface area (Å²) in [7, 11) is -2.73. The predicted molar refractivity (Wildman–Crippen MR) is 138 cm³/mol. The van der Waals surface area contributed by atoms with Crippen LogP contribution in [0.2, 0.25) is 5.04 Å². The van der Waals surface area contributed by atoms with Gasteiger partial charge in [0.2, 0.25) is 5.39 Å². The summed E-state index contributed by atoms with van der Waals surface area (Å²) >= 11 is 0. The monoisotopic (exact) mass is 459 g/mol. The van der Waals surface area contributed by atoms with Gasteiger partial charge in [0, 0.05) is 11.1 Å². The van der Waals surface area contributed by atoms with Gasteiger partial charge in [-0.3, -0.25) is 0 Å². The van der Waals surface area contributed by atoms with Crippen LogP contribution in [-0.2, 0) is 4.74 Å². The Morgan fingerprint density at radius 3 is 2.00 bits per heavy atom. The summed E-state index contributed by atoms with van der Waals surface area (Å²) < 4.78 is 6.19. The van der Waals surface area contributed by atoms with Crippen molar-refractivity contribution < 1.29 is 9.84 Å². The molecular weight excluding hydrogens is 424 g/mol. The highest BCUT2D eigenvalue weighted by Gasteiger charge is 2.54. The summed E-state index contributed by atoms with van der Waals surface area (Å²) in [5, 5.41) is 22.8. The van der Waals surface area contributed by atoms with E-state index < -0.39 is 20.1 Å². The molecule has 0 aliphatic heterocycles. The van der Waals surface area contributed by atoms with E-state index in [1.165, 1.54) is 16.8 Å². The third kappa shape index (κ3) is 4.98. The molecule has 2 aromatic carbocycles. The van der Waals surface area contributed by atoms with Crippen LogP contribution in [0.25, 0.3) is 4.98 Å². The maximum absolute atomic E-state index is 10.4. The van der Waals surface area contributed by atoms with Crippen LogP contribution in [-0.4, -0.2) is 19.3 Å². The molecule has 172 valence electrons. The number of hydrogen-bond acceptors (Lipinski definition) is 3. The summed E-state index contributed by atoms with van der Waals surface area (Å²) in [4.78, 5) is 2.98. The first-order chi connectivity index (χ1) is 15.9. The van der Waals surface area contributed by atoms with Crippen molar-refractivity contribution >= 4 is 18.4 Å². The standard InChI is InChI=1S/C28H34N2O2Si/c1-5-25(27(32-26(31)21-30-29)22-15-9-6-10-16-22)33(28(2,3)4,23-17-11-7-12-18-23)24-19-13-8-14-20-24/h7-8,11-14,17-22,27H,1,6,9-10,15-16H2,2-4H3/p+1/b26-21+. The number of benzene rings is 2. The second-order valence-corrected chi connectivity index (χ2v) is 14.5. The fourth-order valence-electron chi connectivity index (χ4n) is 5.61. The van der Waals surface area contributed by atoms with Gasteiger partial charge in [-0.25, -0.2) is 0 Å². The van der Waals surface area contributed by atoms with Gasteiger partial charge in [-0.2, -0.15) is 0 Å². The van der Waals surface area contributed by atoms with Gasteiger partial charge in [0.25, 0.3) is 0 Å². The first-order valence-electron chi connectivity index (χ1n) is 11.8. The average Bonchev–Trinajstić information content (AvgIpc) is 2.82. The minimum absolute atomic E-state index is 0.146. The molecule has 0 bridgehead atoms. The van der Waals surface area contributed by atoms with Crippen LogP contribution >= 0.6 is 0 Å². The van der Waals surface area contributed by atoms with Crippen LogP contribution < -0.4 is 10.4 Å². The first kappa shape index (κ1) is 24.6. The molecule has 1 aliphatic rings. The van der Waals surface area contributed by atoms with Crippen LogP contribution in [0.5, 0.6) is 0 Å². The fourth-order valence-corrected chi connectivity index (χ4v) is 11.5. The molecule has 0 aromatic heterocycles. The number of nitrogens with zero attached hydrogens (tertiary/aromatic N) is 2. The molecule has 2 aromatic rings. The second kappa shape index (κ2) is 10.7. The molecule has 0 spiro atoms. The van der Waals surface area contributed by atoms with Crippen molar-refractivity contribution in [3.05, 3.63) is 95.3 Å². The number of ether oxygens (including phenoxy) is 1. The first-order valence-corrected chi connectivity index (χ1v) is 13.8. The number of aliphatic hydroxyl groups excluding tert-OH is 1. The van der Waals surface area contributed by atoms with Gasteiger partial charge >= 0.3 is 12.1 Å². The van der Waals surface area contributed by atoms with E-state index in [2.05, 4.69) is 86.6 Å². The van der Waals surface area contributed by atoms with Crippen molar-refractivity contribution in [2.75, 3.05) is 0 Å². The van der Waals surface area contributed by atoms with Crippen molar-refractivity contribution in [1.29, 1.82) is 5.39 Å². The smallest absolute Gasteiger partial charge is 0.429 e. The molecule has 0 radical (unpaired) electrons. The van der Waals surface area contributed by atoms with Crippen LogP contribution in [0.3, 0.4) is 0 Å². The summed E-state index contributed by atoms with van der Waals surface area (Å²) in [5.74, 6) is -0.169. The molecular formula is C28H35N2O2Si+. The van der Waals surface area contributed by atoms with E-state index in [0.717, 1.165) is 37.1 Å². The van der Waals surface area contributed by atoms with E-state index in [-0.39, 0.29) is 11.0 Å². The van der Waals surface area contributed by atoms with Gasteiger partial charge in [0.1, 0.15) is 6.10 Å². The zero-order chi connectivity index (χ0) is 23.9. The fraction of sp³-hybridized carbons (Fsp3) is 0.393. The third-order valence-corrected chi connectivity index (χ3v) is 12.8. The molecule has 3 rings (SSSR count). The molecule has 4 nitrogen and oxygen atoms in total. The number of diazo groups is 1. The van der Waals surface area contributed by atoms with E-state index in [9.17, 15) is 5.11 Å². The van der Waals surface area contributed by atoms with Gasteiger partial charge in [0.15, 0.2) is 13.0 Å². The second-order valence-electron chi connectivity index (χ2n) is 9.84. The molecule has 1 N–H and O–H groups in total. The van der Waals surface area contributed by atoms with Gasteiger partial charge in [-0.1, -0.05) is 107 Å². The van der Waals surface area contributed by atoms with Crippen molar-refractivity contribution in [2.24, 2.45) is 5.92 Å². The summed E-state index contributed by atoms with van der Waals surface area (Å²) in [6.45, 7) is 11.0. The summed E-state index contributed by atoms with van der Waals surface area (Å²) in [6, 6.07) is 21.3. The van der Waals surface area contributed by atoms with Crippen molar-refractivity contribution in [2.45, 2.75) is 64.0 Å². The molecule has 5 heteroatoms. The molecule has 1 unspecified atom stereocenters. The lowest BCUT2D eigenvalue weighted by molar-refractivity contribution is 0.0132. The van der Waals surface area contributed by atoms with E-state index in [1.54, 1.807) is 0 Å². The Morgan fingerprint density at radius 2 is 1.58 bits per heavy atom. The minimum atomic E-state index is -2.73. The molecule has 1 atom stereocenters. The Morgan fingerprint density at radius 1 is 1.06 bits per heavy atom. The Balaban J connectivity index is 2.33. The maximum Gasteiger partial charge on any atom is 0.429 e. The van der Waals surface area contributed by atoms with Crippen LogP contribution in [0.15, 0.2) is 90.3 Å². The Hall–Kier alpha value is -3.06. The van der Waals surface area contributed by atoms with Crippen molar-refractivity contribution in [1.82, 2.24) is 0 Å². The van der Waals surface area contributed by atoms with Crippen LogP contribution in [0, 0.1) is 11.3 Å². The lowest BCUT2D eigenvalue weighted by atomic mass is 9.85. The SMILES string of the molecule is C=C=C(C(O/C(O)=C/[N+]#N)C1CCCCC1)[Si](c1ccccc1)(c1ccccc1)C(C)(C)C. The molecule has 0 saturated heterocycles. The molecule has 33 heavy (non-hydrogen) atoms. The number of rotatable bonds is 7. The van der Waals surface area contributed by atoms with Gasteiger partial charge in [-0.15, -0.1) is 5.73 Å². The zero-order valence-electron chi connectivity index (χ0n) is 20.0. The lowest BCUT2D eigenvalue weighted by Gasteiger charge is -2.48. The Kier molecular flexibility index (Phi) is 7.97. The lowest BCUT2D eigenvalue weighted by Crippen LogP contribution is -2.68. The average molecular weight is 460 g/mol. The molecule has 0 heterocycles. The highest BCUT2D eigenvalue weighted by Crippen LogP contribution is 2.45. The zero-order valence-corrected chi connectivity index (χ0v) is 21.0. The molecule has 1 saturated carbocycles. The normalized spacial score (nSPS) is 16.4. The summed E-state index contributed by atoms with van der Waals surface area (Å²) in [5.41, 5.74) is 3.36. The quantitative estimate of drug-likeness (QED) is 0.223. The van der Waals surface area contributed by atoms with Crippen LogP contribution in [0.4, 0.5) is 0 Å².